The molecule has 124 valence electrons. The molecule has 6 nitrogen and oxygen atoms in total. The van der Waals surface area contributed by atoms with Crippen molar-refractivity contribution < 1.29 is 19.4 Å². The summed E-state index contributed by atoms with van der Waals surface area (Å²) in [5, 5.41) is 27.1. The Morgan fingerprint density at radius 1 is 1.00 bits per heavy atom. The minimum Gasteiger partial charge on any atom is -0.483 e. The molecule has 0 aliphatic heterocycles. The van der Waals surface area contributed by atoms with Crippen LogP contribution in [-0.2, 0) is 19.8 Å². The van der Waals surface area contributed by atoms with Crippen molar-refractivity contribution in [3.8, 4) is 17.2 Å². The van der Waals surface area contributed by atoms with Gasteiger partial charge in [-0.3, -0.25) is 0 Å². The predicted molar refractivity (Wildman–Crippen MR) is 87.4 cm³/mol. The number of ether oxygens (including phenoxy) is 1. The lowest BCUT2D eigenvalue weighted by molar-refractivity contribution is 0.240. The molecule has 3 rings (SSSR count). The summed E-state index contributed by atoms with van der Waals surface area (Å²) >= 11 is 5.85. The van der Waals surface area contributed by atoms with Crippen LogP contribution in [0.25, 0.3) is 11.5 Å². The molecule has 0 unspecified atom stereocenters. The second-order valence-electron chi connectivity index (χ2n) is 5.05. The van der Waals surface area contributed by atoms with E-state index in [-0.39, 0.29) is 19.8 Å². The Hall–Kier alpha value is -2.41. The van der Waals surface area contributed by atoms with Gasteiger partial charge >= 0.3 is 0 Å². The molecule has 2 aromatic carbocycles. The Morgan fingerprint density at radius 2 is 1.79 bits per heavy atom. The number of hydrogen-bond donors (Lipinski definition) is 2. The van der Waals surface area contributed by atoms with E-state index in [2.05, 4.69) is 10.2 Å². The third kappa shape index (κ3) is 3.73. The molecule has 0 spiro atoms. The zero-order valence-corrected chi connectivity index (χ0v) is 13.4. The zero-order chi connectivity index (χ0) is 16.9. The van der Waals surface area contributed by atoms with Crippen molar-refractivity contribution >= 4 is 11.6 Å². The Kier molecular flexibility index (Phi) is 5.10. The van der Waals surface area contributed by atoms with Crippen LogP contribution in [0.2, 0.25) is 5.02 Å². The third-order valence-electron chi connectivity index (χ3n) is 3.39. The zero-order valence-electron chi connectivity index (χ0n) is 12.6. The van der Waals surface area contributed by atoms with Crippen molar-refractivity contribution in [3.63, 3.8) is 0 Å². The predicted octanol–water partition coefficient (Wildman–Crippen LogP) is 2.95. The quantitative estimate of drug-likeness (QED) is 0.713. The summed E-state index contributed by atoms with van der Waals surface area (Å²) in [5.41, 5.74) is 2.05. The molecule has 1 heterocycles. The standard InChI is InChI=1S/C17H15ClN2O4/c18-14-4-2-12(3-5-14)17-20-19-16(24-17)10-23-15-6-1-11(8-21)7-13(15)9-22/h1-7,21-22H,8-10H2. The first-order valence-electron chi connectivity index (χ1n) is 7.24. The molecule has 0 aliphatic carbocycles. The van der Waals surface area contributed by atoms with E-state index in [0.29, 0.717) is 33.7 Å². The lowest BCUT2D eigenvalue weighted by atomic mass is 10.1. The Morgan fingerprint density at radius 3 is 2.50 bits per heavy atom. The van der Waals surface area contributed by atoms with E-state index in [4.69, 9.17) is 25.9 Å². The maximum atomic E-state index is 9.39. The number of aliphatic hydroxyl groups is 2. The van der Waals surface area contributed by atoms with Crippen LogP contribution in [0, 0.1) is 0 Å². The van der Waals surface area contributed by atoms with Gasteiger partial charge in [-0.2, -0.15) is 0 Å². The molecule has 24 heavy (non-hydrogen) atoms. The van der Waals surface area contributed by atoms with Crippen molar-refractivity contribution in [2.24, 2.45) is 0 Å². The Bertz CT molecular complexity index is 818. The van der Waals surface area contributed by atoms with Gasteiger partial charge in [-0.15, -0.1) is 10.2 Å². The van der Waals surface area contributed by atoms with Gasteiger partial charge in [0.1, 0.15) is 5.75 Å². The smallest absolute Gasteiger partial charge is 0.254 e. The molecule has 1 aromatic heterocycles. The number of nitrogens with zero attached hydrogens (tertiary/aromatic N) is 2. The minimum atomic E-state index is -0.191. The van der Waals surface area contributed by atoms with Crippen molar-refractivity contribution in [1.82, 2.24) is 10.2 Å². The molecular formula is C17H15ClN2O4. The highest BCUT2D eigenvalue weighted by Crippen LogP contribution is 2.23. The topological polar surface area (TPSA) is 88.6 Å². The van der Waals surface area contributed by atoms with Gasteiger partial charge in [-0.1, -0.05) is 17.7 Å². The van der Waals surface area contributed by atoms with Crippen molar-refractivity contribution in [1.29, 1.82) is 0 Å². The number of aliphatic hydroxyl groups excluding tert-OH is 2. The molecule has 0 saturated carbocycles. The molecule has 7 heteroatoms. The molecule has 0 aliphatic rings. The van der Waals surface area contributed by atoms with Gasteiger partial charge < -0.3 is 19.4 Å². The average Bonchev–Trinajstić information content (AvgIpc) is 3.09. The summed E-state index contributed by atoms with van der Waals surface area (Å²) in [7, 11) is 0. The molecule has 3 aromatic rings. The van der Waals surface area contributed by atoms with E-state index in [1.165, 1.54) is 0 Å². The fraction of sp³-hybridized carbons (Fsp3) is 0.176. The van der Waals surface area contributed by atoms with Gasteiger partial charge in [0.05, 0.1) is 13.2 Å². The van der Waals surface area contributed by atoms with E-state index in [9.17, 15) is 5.11 Å². The first kappa shape index (κ1) is 16.4. The highest BCUT2D eigenvalue weighted by molar-refractivity contribution is 6.30. The Balaban J connectivity index is 1.70. The number of halogens is 1. The van der Waals surface area contributed by atoms with Gasteiger partial charge in [0.25, 0.3) is 5.89 Å². The van der Waals surface area contributed by atoms with Crippen LogP contribution in [0.1, 0.15) is 17.0 Å². The largest absolute Gasteiger partial charge is 0.483 e. The van der Waals surface area contributed by atoms with Crippen LogP contribution in [0.5, 0.6) is 5.75 Å². The van der Waals surface area contributed by atoms with Gasteiger partial charge in [-0.05, 0) is 42.0 Å². The highest BCUT2D eigenvalue weighted by Gasteiger charge is 2.11. The molecule has 0 fully saturated rings. The Labute approximate surface area is 143 Å². The van der Waals surface area contributed by atoms with E-state index in [1.807, 2.05) is 0 Å². The second-order valence-corrected chi connectivity index (χ2v) is 5.49. The summed E-state index contributed by atoms with van der Waals surface area (Å²) < 4.78 is 11.2. The molecule has 0 bridgehead atoms. The molecule has 0 saturated heterocycles. The van der Waals surface area contributed by atoms with Crippen molar-refractivity contribution in [2.45, 2.75) is 19.8 Å². The number of hydrogen-bond acceptors (Lipinski definition) is 6. The minimum absolute atomic E-state index is 0.0755. The molecule has 2 N–H and O–H groups in total. The highest BCUT2D eigenvalue weighted by atomic mass is 35.5. The maximum absolute atomic E-state index is 9.39. The molecule has 0 radical (unpaired) electrons. The first-order valence-corrected chi connectivity index (χ1v) is 7.62. The molecular weight excluding hydrogens is 332 g/mol. The van der Waals surface area contributed by atoms with Crippen LogP contribution in [0.15, 0.2) is 46.9 Å². The van der Waals surface area contributed by atoms with E-state index < -0.39 is 0 Å². The SMILES string of the molecule is OCc1ccc(OCc2nnc(-c3ccc(Cl)cc3)o2)c(CO)c1. The molecule has 0 amide bonds. The van der Waals surface area contributed by atoms with E-state index >= 15 is 0 Å². The maximum Gasteiger partial charge on any atom is 0.254 e. The van der Waals surface area contributed by atoms with Crippen LogP contribution in [-0.4, -0.2) is 20.4 Å². The van der Waals surface area contributed by atoms with E-state index in [1.54, 1.807) is 42.5 Å². The monoisotopic (exact) mass is 346 g/mol. The number of benzene rings is 2. The lowest BCUT2D eigenvalue weighted by Gasteiger charge is -2.09. The third-order valence-corrected chi connectivity index (χ3v) is 3.64. The summed E-state index contributed by atoms with van der Waals surface area (Å²) in [6.45, 7) is -0.212. The number of aromatic nitrogens is 2. The average molecular weight is 347 g/mol. The summed E-state index contributed by atoms with van der Waals surface area (Å²) in [5.74, 6) is 1.19. The van der Waals surface area contributed by atoms with Gasteiger partial charge in [-0.25, -0.2) is 0 Å². The normalized spacial score (nSPS) is 10.8. The van der Waals surface area contributed by atoms with Gasteiger partial charge in [0.15, 0.2) is 6.61 Å². The summed E-state index contributed by atoms with van der Waals surface area (Å²) in [6, 6.07) is 12.2. The lowest BCUT2D eigenvalue weighted by Crippen LogP contribution is -2.00. The van der Waals surface area contributed by atoms with E-state index in [0.717, 1.165) is 5.56 Å². The van der Waals surface area contributed by atoms with Crippen LogP contribution >= 0.6 is 11.6 Å². The van der Waals surface area contributed by atoms with Gasteiger partial charge in [0, 0.05) is 16.1 Å². The van der Waals surface area contributed by atoms with Crippen molar-refractivity contribution in [3.05, 3.63) is 64.5 Å². The van der Waals surface area contributed by atoms with Crippen LogP contribution < -0.4 is 4.74 Å². The first-order chi connectivity index (χ1) is 11.7. The fourth-order valence-electron chi connectivity index (χ4n) is 2.16. The van der Waals surface area contributed by atoms with Crippen molar-refractivity contribution in [2.75, 3.05) is 0 Å². The second kappa shape index (κ2) is 7.44. The number of rotatable bonds is 6. The summed E-state index contributed by atoms with van der Waals surface area (Å²) in [4.78, 5) is 0. The fourth-order valence-corrected chi connectivity index (χ4v) is 2.28. The van der Waals surface area contributed by atoms with Crippen LogP contribution in [0.3, 0.4) is 0 Å². The van der Waals surface area contributed by atoms with Crippen LogP contribution in [0.4, 0.5) is 0 Å². The summed E-state index contributed by atoms with van der Waals surface area (Å²) in [6.07, 6.45) is 0. The van der Waals surface area contributed by atoms with Gasteiger partial charge in [0.2, 0.25) is 5.89 Å². The molecule has 0 atom stereocenters.